The average molecular weight is 253 g/mol. The van der Waals surface area contributed by atoms with E-state index in [0.717, 1.165) is 37.6 Å². The molecule has 1 aliphatic heterocycles. The van der Waals surface area contributed by atoms with Crippen molar-refractivity contribution in [2.24, 2.45) is 5.92 Å². The van der Waals surface area contributed by atoms with Crippen molar-refractivity contribution in [3.8, 4) is 0 Å². The van der Waals surface area contributed by atoms with Gasteiger partial charge in [-0.15, -0.1) is 11.3 Å². The fraction of sp³-hybridized carbons (Fsp3) is 0.667. The molecule has 1 N–H and O–H groups in total. The molecule has 1 aromatic heterocycles. The van der Waals surface area contributed by atoms with Crippen molar-refractivity contribution < 1.29 is 4.79 Å². The molecule has 1 fully saturated rings. The quantitative estimate of drug-likeness (QED) is 0.876. The van der Waals surface area contributed by atoms with Gasteiger partial charge < -0.3 is 10.2 Å². The zero-order valence-corrected chi connectivity index (χ0v) is 11.2. The van der Waals surface area contributed by atoms with Crippen LogP contribution in [0, 0.1) is 12.8 Å². The topological polar surface area (TPSA) is 45.2 Å². The van der Waals surface area contributed by atoms with Crippen molar-refractivity contribution in [3.63, 3.8) is 0 Å². The Morgan fingerprint density at radius 3 is 2.88 bits per heavy atom. The SMILES string of the molecule is Cc1ncc(CC(C)C(=O)N2CCNCC2)s1. The van der Waals surface area contributed by atoms with Gasteiger partial charge in [-0.2, -0.15) is 0 Å². The lowest BCUT2D eigenvalue weighted by Gasteiger charge is -2.29. The van der Waals surface area contributed by atoms with Crippen LogP contribution in [0.25, 0.3) is 0 Å². The van der Waals surface area contributed by atoms with E-state index in [1.165, 1.54) is 4.88 Å². The van der Waals surface area contributed by atoms with Crippen LogP contribution in [0.3, 0.4) is 0 Å². The van der Waals surface area contributed by atoms with Crippen molar-refractivity contribution >= 4 is 17.2 Å². The van der Waals surface area contributed by atoms with Gasteiger partial charge >= 0.3 is 0 Å². The number of aromatic nitrogens is 1. The van der Waals surface area contributed by atoms with E-state index in [1.807, 2.05) is 24.9 Å². The summed E-state index contributed by atoms with van der Waals surface area (Å²) in [7, 11) is 0. The Balaban J connectivity index is 1.90. The number of carbonyl (C=O) groups excluding carboxylic acids is 1. The normalized spacial score (nSPS) is 18.1. The molecule has 1 unspecified atom stereocenters. The average Bonchev–Trinajstić information content (AvgIpc) is 2.75. The molecular formula is C12H19N3OS. The fourth-order valence-electron chi connectivity index (χ4n) is 2.09. The maximum absolute atomic E-state index is 12.2. The second kappa shape index (κ2) is 5.60. The molecular weight excluding hydrogens is 234 g/mol. The van der Waals surface area contributed by atoms with E-state index in [-0.39, 0.29) is 11.8 Å². The number of amides is 1. The van der Waals surface area contributed by atoms with E-state index in [9.17, 15) is 4.79 Å². The van der Waals surface area contributed by atoms with Crippen LogP contribution in [0.2, 0.25) is 0 Å². The first-order valence-electron chi connectivity index (χ1n) is 6.07. The summed E-state index contributed by atoms with van der Waals surface area (Å²) in [6.07, 6.45) is 2.70. The maximum atomic E-state index is 12.2. The van der Waals surface area contributed by atoms with Crippen LogP contribution in [-0.4, -0.2) is 42.0 Å². The Morgan fingerprint density at radius 1 is 1.59 bits per heavy atom. The minimum absolute atomic E-state index is 0.0629. The van der Waals surface area contributed by atoms with Crippen LogP contribution < -0.4 is 5.32 Å². The Morgan fingerprint density at radius 2 is 2.29 bits per heavy atom. The highest BCUT2D eigenvalue weighted by molar-refractivity contribution is 7.11. The standard InChI is InChI=1S/C12H19N3OS/c1-9(7-11-8-14-10(2)17-11)12(16)15-5-3-13-4-6-15/h8-9,13H,3-7H2,1-2H3. The van der Waals surface area contributed by atoms with Gasteiger partial charge in [-0.3, -0.25) is 4.79 Å². The predicted octanol–water partition coefficient (Wildman–Crippen LogP) is 1.06. The Hall–Kier alpha value is -0.940. The predicted molar refractivity (Wildman–Crippen MR) is 69.2 cm³/mol. The van der Waals surface area contributed by atoms with E-state index in [0.29, 0.717) is 0 Å². The zero-order valence-electron chi connectivity index (χ0n) is 10.4. The molecule has 0 aromatic carbocycles. The molecule has 1 amide bonds. The molecule has 1 aliphatic rings. The Kier molecular flexibility index (Phi) is 4.12. The first kappa shape index (κ1) is 12.5. The van der Waals surface area contributed by atoms with Crippen LogP contribution in [-0.2, 0) is 11.2 Å². The molecule has 2 rings (SSSR count). The highest BCUT2D eigenvalue weighted by atomic mass is 32.1. The lowest BCUT2D eigenvalue weighted by Crippen LogP contribution is -2.48. The van der Waals surface area contributed by atoms with Gasteiger partial charge in [0, 0.05) is 43.2 Å². The first-order chi connectivity index (χ1) is 8.16. The van der Waals surface area contributed by atoms with Gasteiger partial charge in [-0.1, -0.05) is 6.92 Å². The summed E-state index contributed by atoms with van der Waals surface area (Å²) in [6.45, 7) is 7.52. The molecule has 0 bridgehead atoms. The lowest BCUT2D eigenvalue weighted by molar-refractivity contribution is -0.135. The lowest BCUT2D eigenvalue weighted by atomic mass is 10.1. The molecule has 2 heterocycles. The number of nitrogens with one attached hydrogen (secondary N) is 1. The molecule has 94 valence electrons. The van der Waals surface area contributed by atoms with Gasteiger partial charge in [0.25, 0.3) is 0 Å². The Labute approximate surface area is 106 Å². The van der Waals surface area contributed by atoms with Gasteiger partial charge in [-0.05, 0) is 13.3 Å². The van der Waals surface area contributed by atoms with E-state index in [4.69, 9.17) is 0 Å². The number of nitrogens with zero attached hydrogens (tertiary/aromatic N) is 2. The number of aryl methyl sites for hydroxylation is 1. The monoisotopic (exact) mass is 253 g/mol. The summed E-state index contributed by atoms with van der Waals surface area (Å²) >= 11 is 1.69. The van der Waals surface area contributed by atoms with E-state index >= 15 is 0 Å². The van der Waals surface area contributed by atoms with Gasteiger partial charge in [0.05, 0.1) is 5.01 Å². The van der Waals surface area contributed by atoms with E-state index in [1.54, 1.807) is 11.3 Å². The maximum Gasteiger partial charge on any atom is 0.225 e. The summed E-state index contributed by atoms with van der Waals surface area (Å²) in [5.41, 5.74) is 0. The first-order valence-corrected chi connectivity index (χ1v) is 6.89. The van der Waals surface area contributed by atoms with Crippen LogP contribution in [0.1, 0.15) is 16.8 Å². The molecule has 1 saturated heterocycles. The third-order valence-corrected chi connectivity index (χ3v) is 3.96. The van der Waals surface area contributed by atoms with Crippen LogP contribution >= 0.6 is 11.3 Å². The molecule has 0 spiro atoms. The van der Waals surface area contributed by atoms with Crippen molar-refractivity contribution in [2.75, 3.05) is 26.2 Å². The largest absolute Gasteiger partial charge is 0.340 e. The molecule has 4 nitrogen and oxygen atoms in total. The molecule has 5 heteroatoms. The number of carbonyl (C=O) groups is 1. The fourth-order valence-corrected chi connectivity index (χ4v) is 3.01. The van der Waals surface area contributed by atoms with E-state index < -0.39 is 0 Å². The molecule has 1 aromatic rings. The van der Waals surface area contributed by atoms with Crippen molar-refractivity contribution in [1.29, 1.82) is 0 Å². The van der Waals surface area contributed by atoms with Crippen molar-refractivity contribution in [3.05, 3.63) is 16.1 Å². The summed E-state index contributed by atoms with van der Waals surface area (Å²) in [4.78, 5) is 19.6. The number of thiazole rings is 1. The van der Waals surface area contributed by atoms with Crippen LogP contribution in [0.15, 0.2) is 6.20 Å². The summed E-state index contributed by atoms with van der Waals surface area (Å²) < 4.78 is 0. The van der Waals surface area contributed by atoms with E-state index in [2.05, 4.69) is 10.3 Å². The van der Waals surface area contributed by atoms with Gasteiger partial charge in [-0.25, -0.2) is 4.98 Å². The van der Waals surface area contributed by atoms with Crippen LogP contribution in [0.5, 0.6) is 0 Å². The Bertz CT molecular complexity index is 385. The summed E-state index contributed by atoms with van der Waals surface area (Å²) in [5, 5.41) is 4.33. The van der Waals surface area contributed by atoms with Gasteiger partial charge in [0.15, 0.2) is 0 Å². The summed E-state index contributed by atoms with van der Waals surface area (Å²) in [6, 6.07) is 0. The van der Waals surface area contributed by atoms with Crippen molar-refractivity contribution in [2.45, 2.75) is 20.3 Å². The third kappa shape index (κ3) is 3.26. The van der Waals surface area contributed by atoms with Gasteiger partial charge in [0.2, 0.25) is 5.91 Å². The minimum atomic E-state index is 0.0629. The van der Waals surface area contributed by atoms with Gasteiger partial charge in [0.1, 0.15) is 0 Å². The zero-order chi connectivity index (χ0) is 12.3. The minimum Gasteiger partial charge on any atom is -0.340 e. The molecule has 0 aliphatic carbocycles. The summed E-state index contributed by atoms with van der Waals surface area (Å²) in [5.74, 6) is 0.338. The molecule has 1 atom stereocenters. The van der Waals surface area contributed by atoms with Crippen molar-refractivity contribution in [1.82, 2.24) is 15.2 Å². The number of hydrogen-bond donors (Lipinski definition) is 1. The third-order valence-electron chi connectivity index (χ3n) is 3.03. The molecule has 0 saturated carbocycles. The number of hydrogen-bond acceptors (Lipinski definition) is 4. The second-order valence-electron chi connectivity index (χ2n) is 4.53. The smallest absolute Gasteiger partial charge is 0.225 e. The number of rotatable bonds is 3. The van der Waals surface area contributed by atoms with Crippen LogP contribution in [0.4, 0.5) is 0 Å². The molecule has 17 heavy (non-hydrogen) atoms. The highest BCUT2D eigenvalue weighted by Gasteiger charge is 2.22. The molecule has 0 radical (unpaired) electrons. The number of piperazine rings is 1. The highest BCUT2D eigenvalue weighted by Crippen LogP contribution is 2.17. The second-order valence-corrected chi connectivity index (χ2v) is 5.85.